The van der Waals surface area contributed by atoms with Gasteiger partial charge in [-0.2, -0.15) is 5.10 Å². The maximum absolute atomic E-state index is 11.1. The number of aromatic nitrogens is 3. The van der Waals surface area contributed by atoms with Crippen molar-refractivity contribution >= 4 is 35.9 Å². The molecule has 2 N–H and O–H groups in total. The number of halogens is 1. The zero-order valence-electron chi connectivity index (χ0n) is 16.4. The normalized spacial score (nSPS) is 16.3. The number of ether oxygens (including phenoxy) is 2. The number of unbranched alkanes of at least 4 members (excludes halogenated alkanes) is 2. The van der Waals surface area contributed by atoms with Crippen LogP contribution in [0.4, 0.5) is 0 Å². The van der Waals surface area contributed by atoms with E-state index in [0.717, 1.165) is 62.8 Å². The minimum Gasteiger partial charge on any atom is -0.469 e. The molecular weight excluding hydrogens is 463 g/mol. The first-order valence-corrected chi connectivity index (χ1v) is 9.11. The van der Waals surface area contributed by atoms with Gasteiger partial charge in [0.15, 0.2) is 11.8 Å². The molecule has 0 amide bonds. The van der Waals surface area contributed by atoms with Crippen LogP contribution in [0.2, 0.25) is 0 Å². The molecule has 27 heavy (non-hydrogen) atoms. The Balaban J connectivity index is 0.00000364. The van der Waals surface area contributed by atoms with E-state index >= 15 is 0 Å². The molecule has 0 spiro atoms. The van der Waals surface area contributed by atoms with Crippen molar-refractivity contribution in [1.29, 1.82) is 0 Å². The van der Waals surface area contributed by atoms with Crippen LogP contribution in [0.3, 0.4) is 0 Å². The summed E-state index contributed by atoms with van der Waals surface area (Å²) >= 11 is 0. The summed E-state index contributed by atoms with van der Waals surface area (Å²) in [4.78, 5) is 19.8. The van der Waals surface area contributed by atoms with Crippen LogP contribution in [0, 0.1) is 0 Å². The molecule has 0 aliphatic carbocycles. The number of hydrogen-bond donors (Lipinski definition) is 2. The minimum atomic E-state index is -0.145. The maximum Gasteiger partial charge on any atom is 0.305 e. The Morgan fingerprint density at radius 3 is 2.85 bits per heavy atom. The average molecular weight is 494 g/mol. The quantitative estimate of drug-likeness (QED) is 0.175. The molecule has 1 aliphatic rings. The summed E-state index contributed by atoms with van der Waals surface area (Å²) in [6, 6.07) is 0.269. The van der Waals surface area contributed by atoms with Crippen molar-refractivity contribution in [3.05, 3.63) is 11.6 Å². The predicted molar refractivity (Wildman–Crippen MR) is 113 cm³/mol. The van der Waals surface area contributed by atoms with Gasteiger partial charge in [-0.3, -0.25) is 9.79 Å². The van der Waals surface area contributed by atoms with Crippen LogP contribution in [-0.4, -0.2) is 60.5 Å². The lowest BCUT2D eigenvalue weighted by molar-refractivity contribution is -0.140. The summed E-state index contributed by atoms with van der Waals surface area (Å²) in [7, 11) is 4.84. The third-order valence-electron chi connectivity index (χ3n) is 4.32. The molecule has 10 heteroatoms. The Morgan fingerprint density at radius 2 is 2.15 bits per heavy atom. The highest BCUT2D eigenvalue weighted by Crippen LogP contribution is 2.13. The van der Waals surface area contributed by atoms with Crippen LogP contribution in [-0.2, 0) is 33.8 Å². The first-order valence-electron chi connectivity index (χ1n) is 9.11. The lowest BCUT2D eigenvalue weighted by Crippen LogP contribution is -2.47. The molecule has 154 valence electrons. The number of guanidine groups is 1. The molecule has 1 unspecified atom stereocenters. The first kappa shape index (κ1) is 23.6. The van der Waals surface area contributed by atoms with Crippen LogP contribution in [0.1, 0.15) is 43.8 Å². The highest BCUT2D eigenvalue weighted by molar-refractivity contribution is 14.0. The van der Waals surface area contributed by atoms with E-state index in [9.17, 15) is 4.79 Å². The minimum absolute atomic E-state index is 0. The Labute approximate surface area is 177 Å². The van der Waals surface area contributed by atoms with Crippen LogP contribution >= 0.6 is 24.0 Å². The van der Waals surface area contributed by atoms with E-state index in [0.29, 0.717) is 13.0 Å². The molecule has 2 heterocycles. The van der Waals surface area contributed by atoms with Gasteiger partial charge in [0, 0.05) is 39.6 Å². The summed E-state index contributed by atoms with van der Waals surface area (Å²) in [6.07, 6.45) is 5.17. The van der Waals surface area contributed by atoms with E-state index in [-0.39, 0.29) is 36.0 Å². The number of nitrogens with one attached hydrogen (secondary N) is 2. The van der Waals surface area contributed by atoms with Crippen LogP contribution in [0.25, 0.3) is 0 Å². The van der Waals surface area contributed by atoms with E-state index in [4.69, 9.17) is 4.74 Å². The molecule has 0 radical (unpaired) electrons. The predicted octanol–water partition coefficient (Wildman–Crippen LogP) is 1.26. The van der Waals surface area contributed by atoms with Gasteiger partial charge >= 0.3 is 5.97 Å². The summed E-state index contributed by atoms with van der Waals surface area (Å²) < 4.78 is 11.7. The molecule has 0 bridgehead atoms. The molecule has 1 aromatic heterocycles. The highest BCUT2D eigenvalue weighted by atomic mass is 127. The van der Waals surface area contributed by atoms with Crippen molar-refractivity contribution in [1.82, 2.24) is 25.4 Å². The molecule has 2 rings (SSSR count). The molecular formula is C17H31IN6O3. The Bertz CT molecular complexity index is 607. The summed E-state index contributed by atoms with van der Waals surface area (Å²) in [5, 5.41) is 11.3. The van der Waals surface area contributed by atoms with Gasteiger partial charge in [0.1, 0.15) is 12.4 Å². The number of aliphatic imine (C=N–C) groups is 1. The number of methoxy groups -OCH3 is 2. The summed E-state index contributed by atoms with van der Waals surface area (Å²) in [5.41, 5.74) is 0. The van der Waals surface area contributed by atoms with E-state index in [1.54, 1.807) is 14.2 Å². The van der Waals surface area contributed by atoms with Crippen molar-refractivity contribution in [2.75, 3.05) is 27.8 Å². The number of esters is 1. The Hall–Kier alpha value is -1.43. The Kier molecular flexibility index (Phi) is 11.3. The first-order chi connectivity index (χ1) is 12.7. The monoisotopic (exact) mass is 494 g/mol. The fourth-order valence-corrected chi connectivity index (χ4v) is 2.94. The van der Waals surface area contributed by atoms with Crippen molar-refractivity contribution in [3.8, 4) is 0 Å². The second kappa shape index (κ2) is 12.9. The molecule has 0 saturated carbocycles. The van der Waals surface area contributed by atoms with Gasteiger partial charge < -0.3 is 20.1 Å². The lowest BCUT2D eigenvalue weighted by atomic mass is 10.1. The van der Waals surface area contributed by atoms with Gasteiger partial charge in [-0.1, -0.05) is 6.42 Å². The van der Waals surface area contributed by atoms with Gasteiger partial charge in [0.25, 0.3) is 0 Å². The fourth-order valence-electron chi connectivity index (χ4n) is 2.94. The zero-order chi connectivity index (χ0) is 18.8. The number of carbonyl (C=O) groups is 1. The topological polar surface area (TPSA) is 103 Å². The molecule has 1 aliphatic heterocycles. The van der Waals surface area contributed by atoms with Crippen molar-refractivity contribution < 1.29 is 14.3 Å². The largest absolute Gasteiger partial charge is 0.469 e. The van der Waals surface area contributed by atoms with E-state index in [2.05, 4.69) is 30.4 Å². The molecule has 0 fully saturated rings. The summed E-state index contributed by atoms with van der Waals surface area (Å²) in [6.45, 7) is 2.03. The standard InChI is InChI=1S/C17H30N6O3.HI/c1-18-17(19-10-6-4-5-7-16(24)26-3)20-13-8-9-15-21-14(12-25-2)22-23(15)11-13;/h13H,4-12H2,1-3H3,(H2,18,19,20);1H. The summed E-state index contributed by atoms with van der Waals surface area (Å²) in [5.74, 6) is 2.40. The van der Waals surface area contributed by atoms with Gasteiger partial charge in [-0.05, 0) is 19.3 Å². The third-order valence-corrected chi connectivity index (χ3v) is 4.32. The third kappa shape index (κ3) is 7.99. The molecule has 1 aromatic rings. The second-order valence-corrected chi connectivity index (χ2v) is 6.33. The van der Waals surface area contributed by atoms with E-state index in [1.165, 1.54) is 7.11 Å². The maximum atomic E-state index is 11.1. The van der Waals surface area contributed by atoms with Crippen LogP contribution < -0.4 is 10.6 Å². The van der Waals surface area contributed by atoms with Crippen molar-refractivity contribution in [3.63, 3.8) is 0 Å². The lowest BCUT2D eigenvalue weighted by Gasteiger charge is -2.25. The van der Waals surface area contributed by atoms with Gasteiger partial charge in [-0.25, -0.2) is 9.67 Å². The Morgan fingerprint density at radius 1 is 1.33 bits per heavy atom. The van der Waals surface area contributed by atoms with Gasteiger partial charge in [0.2, 0.25) is 0 Å². The van der Waals surface area contributed by atoms with Crippen molar-refractivity contribution in [2.45, 2.75) is 57.7 Å². The van der Waals surface area contributed by atoms with Crippen LogP contribution in [0.15, 0.2) is 4.99 Å². The van der Waals surface area contributed by atoms with Gasteiger partial charge in [-0.15, -0.1) is 24.0 Å². The molecule has 9 nitrogen and oxygen atoms in total. The van der Waals surface area contributed by atoms with Crippen molar-refractivity contribution in [2.24, 2.45) is 4.99 Å². The van der Waals surface area contributed by atoms with E-state index < -0.39 is 0 Å². The SMILES string of the molecule is CN=C(NCCCCCC(=O)OC)NC1CCc2nc(COC)nn2C1.I. The smallest absolute Gasteiger partial charge is 0.305 e. The van der Waals surface area contributed by atoms with Crippen LogP contribution in [0.5, 0.6) is 0 Å². The van der Waals surface area contributed by atoms with Gasteiger partial charge in [0.05, 0.1) is 13.7 Å². The number of rotatable bonds is 9. The fraction of sp³-hybridized carbons (Fsp3) is 0.765. The average Bonchev–Trinajstić information content (AvgIpc) is 3.05. The highest BCUT2D eigenvalue weighted by Gasteiger charge is 2.22. The zero-order valence-corrected chi connectivity index (χ0v) is 18.7. The number of fused-ring (bicyclic) bond motifs is 1. The number of nitrogens with zero attached hydrogens (tertiary/aromatic N) is 4. The number of hydrogen-bond acceptors (Lipinski definition) is 6. The molecule has 1 atom stereocenters. The number of carbonyl (C=O) groups excluding carboxylic acids is 1. The molecule has 0 saturated heterocycles. The van der Waals surface area contributed by atoms with E-state index in [1.807, 2.05) is 4.68 Å². The molecule has 0 aromatic carbocycles. The number of aryl methyl sites for hydroxylation is 1. The second-order valence-electron chi connectivity index (χ2n) is 6.33.